The van der Waals surface area contributed by atoms with Gasteiger partial charge in [0.25, 0.3) is 5.91 Å². The number of carbonyl (C=O) groups is 5. The van der Waals surface area contributed by atoms with E-state index in [4.69, 9.17) is 50.2 Å². The molecule has 1 atom stereocenters. The molecule has 52 heavy (non-hydrogen) atoms. The van der Waals surface area contributed by atoms with Gasteiger partial charge in [-0.3, -0.25) is 17.6 Å². The number of ketones is 4. The quantitative estimate of drug-likeness (QED) is 0.119. The number of Topliss-reactive ketones (excluding diaryl/α,β-unsaturated/α-hetero) is 4. The normalized spacial score (nSPS) is 12.5. The van der Waals surface area contributed by atoms with Gasteiger partial charge in [0.2, 0.25) is 5.75 Å². The average Bonchev–Trinajstić information content (AvgIpc) is 3.62. The molecule has 283 valence electrons. The number of methoxy groups -OCH3 is 3. The number of hydrogen-bond donors (Lipinski definition) is 3. The van der Waals surface area contributed by atoms with Crippen LogP contribution in [-0.2, 0) is 36.5 Å². The zero-order valence-corrected chi connectivity index (χ0v) is 32.3. The van der Waals surface area contributed by atoms with Crippen molar-refractivity contribution in [1.82, 2.24) is 4.98 Å². The molecule has 0 bridgehead atoms. The minimum atomic E-state index is -4.94. The molecule has 3 aromatic rings. The van der Waals surface area contributed by atoms with Gasteiger partial charge in [0.15, 0.2) is 11.5 Å². The number of H-pyrrole nitrogens is 1. The van der Waals surface area contributed by atoms with E-state index in [-0.39, 0.29) is 52.3 Å². The number of fused-ring (bicyclic) bond motifs is 2. The monoisotopic (exact) mass is 807 g/mol. The fraction of sp³-hybridized carbons (Fsp3) is 0.364. The number of aromatic amines is 1. The summed E-state index contributed by atoms with van der Waals surface area (Å²) >= 11 is 6.22. The molecule has 1 radical (unpaired) electrons. The van der Waals surface area contributed by atoms with Crippen LogP contribution in [0.2, 0.25) is 0 Å². The molecule has 1 amide bonds. The maximum absolute atomic E-state index is 13.6. The number of amides is 1. The summed E-state index contributed by atoms with van der Waals surface area (Å²) < 4.78 is 50.4. The van der Waals surface area contributed by atoms with Crippen LogP contribution < -0.4 is 48.8 Å². The van der Waals surface area contributed by atoms with Crippen molar-refractivity contribution in [3.8, 4) is 17.2 Å². The van der Waals surface area contributed by atoms with E-state index in [0.29, 0.717) is 54.0 Å². The zero-order valence-electron chi connectivity index (χ0n) is 29.5. The summed E-state index contributed by atoms with van der Waals surface area (Å²) in [4.78, 5) is 58.5. The Bertz CT molecular complexity index is 1620. The SMILES string of the molecule is CC(=O)[CH-]C(C)=O.CC(=O)[CH-]C(C)=O.COc1cc2cc(C(=O)N3CC(CCl)c4ccc(NCCN)cc43)[nH]c2c(OC)c1OC.[Cr+5].[O-][Cl+3]([O-])([O-])[O-]. The average molecular weight is 809 g/mol. The van der Waals surface area contributed by atoms with Crippen LogP contribution in [0.4, 0.5) is 11.4 Å². The van der Waals surface area contributed by atoms with Gasteiger partial charge in [0.1, 0.15) is 5.69 Å². The second-order valence-electron chi connectivity index (χ2n) is 10.7. The first-order valence-corrected chi connectivity index (χ1v) is 16.7. The van der Waals surface area contributed by atoms with Crippen LogP contribution in [0.3, 0.4) is 0 Å². The van der Waals surface area contributed by atoms with Crippen molar-refractivity contribution < 1.29 is 84.4 Å². The fourth-order valence-electron chi connectivity index (χ4n) is 4.77. The second kappa shape index (κ2) is 22.8. The van der Waals surface area contributed by atoms with Crippen LogP contribution in [0.5, 0.6) is 17.2 Å². The Morgan fingerprint density at radius 1 is 0.904 bits per heavy atom. The van der Waals surface area contributed by atoms with E-state index in [1.54, 1.807) is 32.3 Å². The van der Waals surface area contributed by atoms with Crippen LogP contribution in [-0.4, -0.2) is 80.9 Å². The van der Waals surface area contributed by atoms with Gasteiger partial charge < -0.3 is 54.3 Å². The molecule has 0 aliphatic carbocycles. The van der Waals surface area contributed by atoms with Crippen molar-refractivity contribution in [2.24, 2.45) is 5.73 Å². The Morgan fingerprint density at radius 3 is 1.83 bits per heavy atom. The molecular weight excluding hydrogens is 767 g/mol. The fourth-order valence-corrected chi connectivity index (χ4v) is 5.03. The molecule has 1 unspecified atom stereocenters. The molecule has 0 saturated heterocycles. The number of aromatic nitrogens is 1. The van der Waals surface area contributed by atoms with Crippen molar-refractivity contribution in [1.29, 1.82) is 0 Å². The van der Waals surface area contributed by atoms with Crippen molar-refractivity contribution >= 4 is 62.9 Å². The van der Waals surface area contributed by atoms with Gasteiger partial charge in [-0.15, -0.1) is 21.8 Å². The van der Waals surface area contributed by atoms with Crippen molar-refractivity contribution in [3.63, 3.8) is 0 Å². The Kier molecular flexibility index (Phi) is 21.1. The minimum absolute atomic E-state index is 0. The second-order valence-corrected chi connectivity index (χ2v) is 11.7. The number of halogens is 2. The number of nitrogens with zero attached hydrogens (tertiary/aromatic N) is 1. The summed E-state index contributed by atoms with van der Waals surface area (Å²) in [6.07, 6.45) is 2.11. The van der Waals surface area contributed by atoms with Crippen LogP contribution >= 0.6 is 11.6 Å². The van der Waals surface area contributed by atoms with Gasteiger partial charge in [0, 0.05) is 71.3 Å². The predicted molar refractivity (Wildman–Crippen MR) is 178 cm³/mol. The van der Waals surface area contributed by atoms with Crippen LogP contribution in [0.1, 0.15) is 49.7 Å². The molecule has 1 aliphatic heterocycles. The van der Waals surface area contributed by atoms with Gasteiger partial charge in [-0.1, -0.05) is 6.07 Å². The predicted octanol–water partition coefficient (Wildman–Crippen LogP) is -0.474. The standard InChI is InChI=1S/C23H27ClN4O4.2C5H7O2.ClHO4.Cr/c1-30-19-9-13-8-17(27-20(13)22(32-3)21(19)31-2)23(29)28-12-14(11-24)16-5-4-15(10-18(16)28)26-7-6-25;2*1-4(6)3-5(2)7;2-1(3,4)5;/h4-5,8-10,14,26-27H,6-7,11-12,25H2,1-3H3;2*3H,1-2H3;(H,2,3,4,5);/q;2*-1;;+5/p-1. The molecule has 1 aromatic heterocycles. The first-order chi connectivity index (χ1) is 23.8. The van der Waals surface area contributed by atoms with Crippen LogP contribution in [0, 0.1) is 23.1 Å². The molecule has 2 heterocycles. The number of carbonyl (C=O) groups excluding carboxylic acids is 5. The molecule has 0 saturated carbocycles. The topological polar surface area (TPSA) is 262 Å². The van der Waals surface area contributed by atoms with Gasteiger partial charge >= 0.3 is 17.4 Å². The van der Waals surface area contributed by atoms with Crippen molar-refractivity contribution in [3.05, 3.63) is 54.4 Å². The molecular formula is C33H41Cl2CrN4O12+2. The largest absolute Gasteiger partial charge is 5.00 e. The summed E-state index contributed by atoms with van der Waals surface area (Å²) in [6.45, 7) is 7.08. The third-order valence-electron chi connectivity index (χ3n) is 6.53. The number of anilines is 2. The van der Waals surface area contributed by atoms with Crippen molar-refractivity contribution in [2.45, 2.75) is 33.6 Å². The van der Waals surface area contributed by atoms with Crippen molar-refractivity contribution in [2.75, 3.05) is 57.1 Å². The summed E-state index contributed by atoms with van der Waals surface area (Å²) in [7, 11) is -0.284. The smallest absolute Gasteiger partial charge is 0.493 e. The van der Waals surface area contributed by atoms with E-state index >= 15 is 0 Å². The Hall–Kier alpha value is -4.02. The maximum Gasteiger partial charge on any atom is 5.00 e. The summed E-state index contributed by atoms with van der Waals surface area (Å²) in [5, 5.41) is 4.06. The van der Waals surface area contributed by atoms with E-state index < -0.39 is 10.2 Å². The van der Waals surface area contributed by atoms with E-state index in [2.05, 4.69) is 10.3 Å². The number of ether oxygens (including phenoxy) is 3. The molecule has 16 nitrogen and oxygen atoms in total. The maximum atomic E-state index is 13.6. The Morgan fingerprint density at radius 2 is 1.42 bits per heavy atom. The van der Waals surface area contributed by atoms with Gasteiger partial charge in [0.05, 0.1) is 26.8 Å². The molecule has 1 aliphatic rings. The van der Waals surface area contributed by atoms with Crippen LogP contribution in [0.15, 0.2) is 30.3 Å². The van der Waals surface area contributed by atoms with E-state index in [1.165, 1.54) is 27.7 Å². The molecule has 2 aromatic carbocycles. The number of rotatable bonds is 12. The van der Waals surface area contributed by atoms with Gasteiger partial charge in [-0.25, -0.2) is 18.6 Å². The summed E-state index contributed by atoms with van der Waals surface area (Å²) in [5.41, 5.74) is 9.54. The van der Waals surface area contributed by atoms with E-state index in [1.807, 2.05) is 24.3 Å². The number of hydrogen-bond acceptors (Lipinski definition) is 14. The first kappa shape index (κ1) is 48.0. The van der Waals surface area contributed by atoms with Gasteiger partial charge in [-0.2, -0.15) is 0 Å². The zero-order chi connectivity index (χ0) is 39.1. The molecule has 19 heteroatoms. The van der Waals surface area contributed by atoms with E-state index in [9.17, 15) is 24.0 Å². The Balaban J connectivity index is 0.00000107. The Labute approximate surface area is 319 Å². The third kappa shape index (κ3) is 15.7. The van der Waals surface area contributed by atoms with E-state index in [0.717, 1.165) is 35.2 Å². The minimum Gasteiger partial charge on any atom is -0.493 e. The molecule has 0 spiro atoms. The number of benzene rings is 2. The number of nitrogens with two attached hydrogens (primary N) is 1. The molecule has 0 fully saturated rings. The molecule has 4 N–H and O–H groups in total. The number of nitrogens with one attached hydrogen (secondary N) is 2. The van der Waals surface area contributed by atoms with Gasteiger partial charge in [-0.05, 0) is 57.5 Å². The van der Waals surface area contributed by atoms with Crippen LogP contribution in [0.25, 0.3) is 10.9 Å². The summed E-state index contributed by atoms with van der Waals surface area (Å²) in [5.74, 6) is 1.08. The molecule has 4 rings (SSSR count). The third-order valence-corrected chi connectivity index (χ3v) is 6.90. The summed E-state index contributed by atoms with van der Waals surface area (Å²) in [6, 6.07) is 9.61. The first-order valence-electron chi connectivity index (χ1n) is 14.9. The number of alkyl halides is 1.